The molecular formula is C11H12N2O3. The molecule has 0 atom stereocenters. The SMILES string of the molecule is CN(C(=O)C1(C(=O)O)CC1)c1cccnc1. The van der Waals surface area contributed by atoms with Crippen LogP contribution in [0.3, 0.4) is 0 Å². The Kier molecular flexibility index (Phi) is 2.38. The lowest BCUT2D eigenvalue weighted by Crippen LogP contribution is -2.38. The molecule has 0 aromatic carbocycles. The van der Waals surface area contributed by atoms with E-state index in [1.54, 1.807) is 25.4 Å². The number of pyridine rings is 1. The third kappa shape index (κ3) is 1.54. The summed E-state index contributed by atoms with van der Waals surface area (Å²) < 4.78 is 0. The topological polar surface area (TPSA) is 70.5 Å². The molecule has 16 heavy (non-hydrogen) atoms. The van der Waals surface area contributed by atoms with E-state index in [1.807, 2.05) is 0 Å². The van der Waals surface area contributed by atoms with Gasteiger partial charge < -0.3 is 10.0 Å². The molecule has 5 nitrogen and oxygen atoms in total. The van der Waals surface area contributed by atoms with Crippen LogP contribution in [0.15, 0.2) is 24.5 Å². The van der Waals surface area contributed by atoms with Gasteiger partial charge in [-0.3, -0.25) is 14.6 Å². The molecule has 0 saturated heterocycles. The Hall–Kier alpha value is -1.91. The van der Waals surface area contributed by atoms with E-state index in [1.165, 1.54) is 11.1 Å². The molecule has 1 aliphatic rings. The molecule has 1 amide bonds. The molecule has 1 aliphatic carbocycles. The van der Waals surface area contributed by atoms with E-state index in [-0.39, 0.29) is 5.91 Å². The fourth-order valence-electron chi connectivity index (χ4n) is 1.63. The van der Waals surface area contributed by atoms with Gasteiger partial charge in [-0.15, -0.1) is 0 Å². The minimum absolute atomic E-state index is 0.368. The van der Waals surface area contributed by atoms with Gasteiger partial charge in [0, 0.05) is 13.2 Å². The molecule has 84 valence electrons. The number of hydrogen-bond acceptors (Lipinski definition) is 3. The van der Waals surface area contributed by atoms with Gasteiger partial charge in [0.15, 0.2) is 0 Å². The summed E-state index contributed by atoms with van der Waals surface area (Å²) in [5.41, 5.74) is -0.579. The number of rotatable bonds is 3. The monoisotopic (exact) mass is 220 g/mol. The van der Waals surface area contributed by atoms with Crippen molar-refractivity contribution >= 4 is 17.6 Å². The van der Waals surface area contributed by atoms with Crippen LogP contribution in [0, 0.1) is 5.41 Å². The zero-order valence-corrected chi connectivity index (χ0v) is 8.88. The van der Waals surface area contributed by atoms with Crippen molar-refractivity contribution in [2.45, 2.75) is 12.8 Å². The summed E-state index contributed by atoms with van der Waals surface area (Å²) in [5.74, 6) is -1.40. The van der Waals surface area contributed by atoms with Crippen LogP contribution in [0.25, 0.3) is 0 Å². The lowest BCUT2D eigenvalue weighted by atomic mass is 10.1. The highest BCUT2D eigenvalue weighted by Crippen LogP contribution is 2.47. The normalized spacial score (nSPS) is 16.6. The number of carboxylic acid groups (broad SMARTS) is 1. The minimum Gasteiger partial charge on any atom is -0.480 e. The number of aliphatic carboxylic acids is 1. The highest BCUT2D eigenvalue weighted by atomic mass is 16.4. The van der Waals surface area contributed by atoms with E-state index in [4.69, 9.17) is 5.11 Å². The number of carbonyl (C=O) groups is 2. The summed E-state index contributed by atoms with van der Waals surface area (Å²) >= 11 is 0. The van der Waals surface area contributed by atoms with Crippen LogP contribution in [0.2, 0.25) is 0 Å². The predicted octanol–water partition coefficient (Wildman–Crippen LogP) is 0.909. The van der Waals surface area contributed by atoms with E-state index in [9.17, 15) is 9.59 Å². The van der Waals surface area contributed by atoms with Crippen LogP contribution in [0.4, 0.5) is 5.69 Å². The van der Waals surface area contributed by atoms with Crippen LogP contribution < -0.4 is 4.90 Å². The number of hydrogen-bond donors (Lipinski definition) is 1. The van der Waals surface area contributed by atoms with Crippen LogP contribution in [-0.2, 0) is 9.59 Å². The third-order valence-electron chi connectivity index (χ3n) is 2.91. The zero-order valence-electron chi connectivity index (χ0n) is 8.88. The smallest absolute Gasteiger partial charge is 0.319 e. The quantitative estimate of drug-likeness (QED) is 0.768. The van der Waals surface area contributed by atoms with Crippen molar-refractivity contribution in [3.05, 3.63) is 24.5 Å². The van der Waals surface area contributed by atoms with Gasteiger partial charge in [0.2, 0.25) is 5.91 Å². The Morgan fingerprint density at radius 1 is 1.50 bits per heavy atom. The van der Waals surface area contributed by atoms with Gasteiger partial charge in [0.25, 0.3) is 0 Å². The molecule has 1 saturated carbocycles. The molecule has 0 spiro atoms. The molecule has 0 radical (unpaired) electrons. The van der Waals surface area contributed by atoms with Crippen LogP contribution in [0.1, 0.15) is 12.8 Å². The fraction of sp³-hybridized carbons (Fsp3) is 0.364. The van der Waals surface area contributed by atoms with Crippen molar-refractivity contribution < 1.29 is 14.7 Å². The number of nitrogens with zero attached hydrogens (tertiary/aromatic N) is 2. The van der Waals surface area contributed by atoms with Crippen molar-refractivity contribution in [1.29, 1.82) is 0 Å². The number of amides is 1. The standard InChI is InChI=1S/C11H12N2O3/c1-13(8-3-2-6-12-7-8)9(14)11(4-5-11)10(15)16/h2-3,6-7H,4-5H2,1H3,(H,15,16). The highest BCUT2D eigenvalue weighted by molar-refractivity contribution is 6.11. The Morgan fingerprint density at radius 3 is 2.62 bits per heavy atom. The Bertz CT molecular complexity index is 426. The molecule has 0 aliphatic heterocycles. The second kappa shape index (κ2) is 3.59. The first-order chi connectivity index (χ1) is 7.58. The van der Waals surface area contributed by atoms with Gasteiger partial charge in [0.1, 0.15) is 5.41 Å². The average molecular weight is 220 g/mol. The number of anilines is 1. The number of carboxylic acids is 1. The van der Waals surface area contributed by atoms with Crippen LogP contribution in [-0.4, -0.2) is 29.0 Å². The summed E-state index contributed by atoms with van der Waals surface area (Å²) in [5, 5.41) is 9.01. The first-order valence-corrected chi connectivity index (χ1v) is 4.99. The molecule has 0 bridgehead atoms. The Balaban J connectivity index is 2.21. The van der Waals surface area contributed by atoms with Crippen molar-refractivity contribution in [3.63, 3.8) is 0 Å². The molecule has 1 heterocycles. The molecular weight excluding hydrogens is 208 g/mol. The molecule has 5 heteroatoms. The molecule has 1 N–H and O–H groups in total. The van der Waals surface area contributed by atoms with E-state index in [0.29, 0.717) is 18.5 Å². The highest BCUT2D eigenvalue weighted by Gasteiger charge is 2.58. The number of carbonyl (C=O) groups excluding carboxylic acids is 1. The summed E-state index contributed by atoms with van der Waals surface area (Å²) in [6, 6.07) is 3.43. The van der Waals surface area contributed by atoms with Crippen molar-refractivity contribution in [2.75, 3.05) is 11.9 Å². The maximum Gasteiger partial charge on any atom is 0.319 e. The van der Waals surface area contributed by atoms with Crippen molar-refractivity contribution in [1.82, 2.24) is 4.98 Å². The van der Waals surface area contributed by atoms with Crippen molar-refractivity contribution in [2.24, 2.45) is 5.41 Å². The molecule has 1 fully saturated rings. The molecule has 1 aromatic rings. The maximum absolute atomic E-state index is 12.0. The van der Waals surface area contributed by atoms with E-state index in [0.717, 1.165) is 0 Å². The molecule has 1 aromatic heterocycles. The first kappa shape index (κ1) is 10.6. The summed E-state index contributed by atoms with van der Waals surface area (Å²) in [6.07, 6.45) is 3.99. The van der Waals surface area contributed by atoms with E-state index >= 15 is 0 Å². The fourth-order valence-corrected chi connectivity index (χ4v) is 1.63. The largest absolute Gasteiger partial charge is 0.480 e. The van der Waals surface area contributed by atoms with Gasteiger partial charge in [0.05, 0.1) is 11.9 Å². The second-order valence-corrected chi connectivity index (χ2v) is 3.96. The van der Waals surface area contributed by atoms with Gasteiger partial charge in [-0.1, -0.05) is 0 Å². The average Bonchev–Trinajstić information content (AvgIpc) is 3.09. The Labute approximate surface area is 92.7 Å². The maximum atomic E-state index is 12.0. The van der Waals surface area contributed by atoms with Gasteiger partial charge in [-0.25, -0.2) is 0 Å². The molecule has 2 rings (SSSR count). The second-order valence-electron chi connectivity index (χ2n) is 3.96. The zero-order chi connectivity index (χ0) is 11.8. The third-order valence-corrected chi connectivity index (χ3v) is 2.91. The van der Waals surface area contributed by atoms with E-state index < -0.39 is 11.4 Å². The summed E-state index contributed by atoms with van der Waals surface area (Å²) in [4.78, 5) is 28.2. The van der Waals surface area contributed by atoms with Gasteiger partial charge in [-0.2, -0.15) is 0 Å². The van der Waals surface area contributed by atoms with Crippen molar-refractivity contribution in [3.8, 4) is 0 Å². The number of aromatic nitrogens is 1. The lowest BCUT2D eigenvalue weighted by molar-refractivity contribution is -0.148. The summed E-state index contributed by atoms with van der Waals surface area (Å²) in [6.45, 7) is 0. The summed E-state index contributed by atoms with van der Waals surface area (Å²) in [7, 11) is 1.57. The lowest BCUT2D eigenvalue weighted by Gasteiger charge is -2.20. The minimum atomic E-state index is -1.19. The van der Waals surface area contributed by atoms with Gasteiger partial charge in [-0.05, 0) is 25.0 Å². The van der Waals surface area contributed by atoms with Crippen LogP contribution >= 0.6 is 0 Å². The van der Waals surface area contributed by atoms with E-state index in [2.05, 4.69) is 4.98 Å². The van der Waals surface area contributed by atoms with Crippen LogP contribution in [0.5, 0.6) is 0 Å². The predicted molar refractivity (Wildman–Crippen MR) is 56.9 cm³/mol. The van der Waals surface area contributed by atoms with Gasteiger partial charge >= 0.3 is 5.97 Å². The molecule has 0 unspecified atom stereocenters. The first-order valence-electron chi connectivity index (χ1n) is 4.99. The Morgan fingerprint density at radius 2 is 2.19 bits per heavy atom.